The summed E-state index contributed by atoms with van der Waals surface area (Å²) in [6, 6.07) is 30.5. The van der Waals surface area contributed by atoms with Gasteiger partial charge in [0.1, 0.15) is 19.0 Å². The quantitative estimate of drug-likeness (QED) is 0.0701. The fourth-order valence-electron chi connectivity index (χ4n) is 9.88. The molecular formula is C56H65N5O7S. The van der Waals surface area contributed by atoms with E-state index in [4.69, 9.17) is 28.7 Å². The largest absolute Gasteiger partial charge is 0.493 e. The number of likely N-dealkylation sites (N-methyl/N-ethyl adjacent to an activating group) is 1. The number of anilines is 3. The van der Waals surface area contributed by atoms with Gasteiger partial charge in [-0.15, -0.1) is 0 Å². The van der Waals surface area contributed by atoms with Crippen molar-refractivity contribution < 1.29 is 33.3 Å². The van der Waals surface area contributed by atoms with Crippen LogP contribution in [0.15, 0.2) is 96.0 Å². The number of amides is 2. The van der Waals surface area contributed by atoms with Gasteiger partial charge in [0.2, 0.25) is 0 Å². The average Bonchev–Trinajstić information content (AvgIpc) is 3.84. The Kier molecular flexibility index (Phi) is 14.7. The zero-order chi connectivity index (χ0) is 48.2. The number of para-hydroxylation sites is 2. The molecule has 12 nitrogen and oxygen atoms in total. The van der Waals surface area contributed by atoms with Crippen LogP contribution in [-0.2, 0) is 41.9 Å². The van der Waals surface area contributed by atoms with Crippen molar-refractivity contribution >= 4 is 52.5 Å². The summed E-state index contributed by atoms with van der Waals surface area (Å²) in [6.45, 7) is 11.6. The Morgan fingerprint density at radius 1 is 0.725 bits per heavy atom. The molecule has 2 atom stereocenters. The number of hydrogen-bond donors (Lipinski definition) is 0. The molecule has 0 saturated heterocycles. The standard InChI is InChI=1S/C56H65N5O7S/c1-37-24-46-40(16-17-43-28-41-12-8-10-14-49(41)60(43)54(46)62)30-51(37)67-34-38-25-39(27-44(26-38)59(36-56(2,3)69-7)19-21-66-23-22-65-20-18-58(4)5)35-68-53-32-48-47(31-52(53)64-6)55(63)61-45(33-57-48)29-42-13-9-11-15-50(42)61/h8-15,24-27,30-33,43,45H,16-23,28-29,34-36H2,1-7H3/t43-,45+/m1/s1. The van der Waals surface area contributed by atoms with Crippen molar-refractivity contribution in [2.75, 3.05) is 88.2 Å². The van der Waals surface area contributed by atoms with Gasteiger partial charge in [-0.2, -0.15) is 11.8 Å². The van der Waals surface area contributed by atoms with Crippen molar-refractivity contribution in [3.05, 3.63) is 136 Å². The first-order chi connectivity index (χ1) is 33.4. The number of rotatable bonds is 20. The molecule has 4 aliphatic heterocycles. The van der Waals surface area contributed by atoms with E-state index in [1.54, 1.807) is 13.2 Å². The van der Waals surface area contributed by atoms with Crippen LogP contribution >= 0.6 is 11.8 Å². The van der Waals surface area contributed by atoms with Crippen LogP contribution in [-0.4, -0.2) is 113 Å². The van der Waals surface area contributed by atoms with Crippen molar-refractivity contribution in [1.29, 1.82) is 0 Å². The molecule has 4 aliphatic rings. The minimum atomic E-state index is -0.167. The van der Waals surface area contributed by atoms with E-state index in [0.717, 1.165) is 88.5 Å². The third kappa shape index (κ3) is 10.7. The molecular weight excluding hydrogens is 887 g/mol. The molecule has 5 aromatic carbocycles. The normalized spacial score (nSPS) is 16.9. The van der Waals surface area contributed by atoms with Crippen LogP contribution in [0.1, 0.15) is 74.4 Å². The summed E-state index contributed by atoms with van der Waals surface area (Å²) in [6.07, 6.45) is 7.30. The molecule has 5 aromatic rings. The Bertz CT molecular complexity index is 2720. The number of methoxy groups -OCH3 is 1. The van der Waals surface area contributed by atoms with Crippen LogP contribution in [0, 0.1) is 6.92 Å². The van der Waals surface area contributed by atoms with Crippen LogP contribution in [0.3, 0.4) is 0 Å². The highest BCUT2D eigenvalue weighted by atomic mass is 32.2. The number of ether oxygens (including phenoxy) is 5. The smallest absolute Gasteiger partial charge is 0.261 e. The zero-order valence-electron chi connectivity index (χ0n) is 41.1. The molecule has 0 saturated carbocycles. The number of aryl methyl sites for hydroxylation is 2. The first-order valence-electron chi connectivity index (χ1n) is 24.1. The number of thioether (sulfide) groups is 1. The summed E-state index contributed by atoms with van der Waals surface area (Å²) in [5, 5.41) is 0. The highest BCUT2D eigenvalue weighted by Gasteiger charge is 2.38. The lowest BCUT2D eigenvalue weighted by Gasteiger charge is -2.33. The Balaban J connectivity index is 0.979. The number of carbonyl (C=O) groups is 2. The summed E-state index contributed by atoms with van der Waals surface area (Å²) in [7, 11) is 5.67. The van der Waals surface area contributed by atoms with Crippen LogP contribution in [0.2, 0.25) is 0 Å². The van der Waals surface area contributed by atoms with Crippen molar-refractivity contribution in [2.45, 2.75) is 76.5 Å². The van der Waals surface area contributed by atoms with E-state index in [9.17, 15) is 9.59 Å². The lowest BCUT2D eigenvalue weighted by Crippen LogP contribution is -2.39. The minimum absolute atomic E-state index is 0.0592. The molecule has 0 aromatic heterocycles. The Morgan fingerprint density at radius 2 is 1.38 bits per heavy atom. The highest BCUT2D eigenvalue weighted by molar-refractivity contribution is 7.99. The molecule has 13 heteroatoms. The minimum Gasteiger partial charge on any atom is -0.493 e. The van der Waals surface area contributed by atoms with Gasteiger partial charge in [0.15, 0.2) is 11.5 Å². The second-order valence-electron chi connectivity index (χ2n) is 19.3. The average molecular weight is 952 g/mol. The SMILES string of the molecule is COc1cc2c(cc1OCc1cc(COc3cc4c(cc3C)C(=O)N3c5ccccc5C[C@H]3CC4)cc(N(CCOCCOCCN(C)C)CC(C)(C)SC)c1)N=C[C@@H]1Cc3ccccc3N1C2=O. The van der Waals surface area contributed by atoms with E-state index in [1.807, 2.05) is 85.2 Å². The van der Waals surface area contributed by atoms with E-state index in [0.29, 0.717) is 68.7 Å². The molecule has 0 radical (unpaired) electrons. The van der Waals surface area contributed by atoms with Gasteiger partial charge in [0.25, 0.3) is 11.8 Å². The molecule has 0 bridgehead atoms. The van der Waals surface area contributed by atoms with E-state index >= 15 is 0 Å². The molecule has 4 heterocycles. The summed E-state index contributed by atoms with van der Waals surface area (Å²) in [5.41, 5.74) is 10.9. The monoisotopic (exact) mass is 951 g/mol. The van der Waals surface area contributed by atoms with E-state index in [1.165, 1.54) is 5.56 Å². The maximum Gasteiger partial charge on any atom is 0.261 e. The number of hydrogen-bond acceptors (Lipinski definition) is 11. The maximum atomic E-state index is 14.2. The van der Waals surface area contributed by atoms with Gasteiger partial charge in [0, 0.05) is 71.8 Å². The van der Waals surface area contributed by atoms with Crippen molar-refractivity contribution in [2.24, 2.45) is 4.99 Å². The summed E-state index contributed by atoms with van der Waals surface area (Å²) >= 11 is 1.83. The Labute approximate surface area is 411 Å². The van der Waals surface area contributed by atoms with Gasteiger partial charge in [-0.1, -0.05) is 36.4 Å². The van der Waals surface area contributed by atoms with Crippen molar-refractivity contribution in [3.63, 3.8) is 0 Å². The molecule has 2 amide bonds. The lowest BCUT2D eigenvalue weighted by atomic mass is 9.98. The first-order valence-corrected chi connectivity index (χ1v) is 25.3. The summed E-state index contributed by atoms with van der Waals surface area (Å²) in [5.74, 6) is 1.66. The lowest BCUT2D eigenvalue weighted by molar-refractivity contribution is 0.0450. The molecule has 69 heavy (non-hydrogen) atoms. The molecule has 0 aliphatic carbocycles. The van der Waals surface area contributed by atoms with Crippen LogP contribution in [0.5, 0.6) is 17.2 Å². The van der Waals surface area contributed by atoms with Crippen LogP contribution in [0.25, 0.3) is 0 Å². The second kappa shape index (κ2) is 21.0. The van der Waals surface area contributed by atoms with Gasteiger partial charge in [-0.25, -0.2) is 0 Å². The topological polar surface area (TPSA) is 106 Å². The van der Waals surface area contributed by atoms with Gasteiger partial charge in [-0.3, -0.25) is 19.5 Å². The molecule has 362 valence electrons. The predicted octanol–water partition coefficient (Wildman–Crippen LogP) is 9.51. The van der Waals surface area contributed by atoms with Gasteiger partial charge in [-0.05, 0) is 142 Å². The fraction of sp³-hybridized carbons (Fsp3) is 0.411. The van der Waals surface area contributed by atoms with Gasteiger partial charge in [0.05, 0.1) is 50.8 Å². The number of benzene rings is 5. The highest BCUT2D eigenvalue weighted by Crippen LogP contribution is 2.42. The number of aliphatic imine (C=N–C) groups is 1. The van der Waals surface area contributed by atoms with E-state index in [2.05, 4.69) is 78.4 Å². The zero-order valence-corrected chi connectivity index (χ0v) is 41.9. The molecule has 0 fully saturated rings. The van der Waals surface area contributed by atoms with E-state index < -0.39 is 0 Å². The van der Waals surface area contributed by atoms with E-state index in [-0.39, 0.29) is 35.3 Å². The number of fused-ring (bicyclic) bond motifs is 8. The molecule has 9 rings (SSSR count). The summed E-state index contributed by atoms with van der Waals surface area (Å²) in [4.78, 5) is 41.5. The molecule has 0 unspecified atom stereocenters. The fourth-order valence-corrected chi connectivity index (χ4v) is 10.2. The summed E-state index contributed by atoms with van der Waals surface area (Å²) < 4.78 is 31.1. The van der Waals surface area contributed by atoms with Crippen LogP contribution in [0.4, 0.5) is 22.7 Å². The second-order valence-corrected chi connectivity index (χ2v) is 20.9. The Hall–Kier alpha value is -5.86. The Morgan fingerprint density at radius 3 is 2.07 bits per heavy atom. The third-order valence-corrected chi connectivity index (χ3v) is 14.9. The first kappa shape index (κ1) is 48.2. The van der Waals surface area contributed by atoms with Gasteiger partial charge < -0.3 is 38.4 Å². The van der Waals surface area contributed by atoms with Gasteiger partial charge >= 0.3 is 0 Å². The third-order valence-electron chi connectivity index (χ3n) is 13.7. The van der Waals surface area contributed by atoms with Crippen LogP contribution < -0.4 is 28.9 Å². The number of carbonyl (C=O) groups excluding carboxylic acids is 2. The maximum absolute atomic E-state index is 14.2. The van der Waals surface area contributed by atoms with Crippen molar-refractivity contribution in [3.8, 4) is 17.2 Å². The van der Waals surface area contributed by atoms with Crippen molar-refractivity contribution in [1.82, 2.24) is 4.90 Å². The molecule has 0 spiro atoms. The number of nitrogens with zero attached hydrogens (tertiary/aromatic N) is 5. The molecule has 0 N–H and O–H groups in total. The predicted molar refractivity (Wildman–Crippen MR) is 277 cm³/mol.